The summed E-state index contributed by atoms with van der Waals surface area (Å²) < 4.78 is 21.8. The second-order valence-electron chi connectivity index (χ2n) is 4.86. The van der Waals surface area contributed by atoms with Crippen molar-refractivity contribution >= 4 is 15.7 Å². The predicted octanol–water partition coefficient (Wildman–Crippen LogP) is 0.301. The molecule has 3 N–H and O–H groups in total. The third-order valence-corrected chi connectivity index (χ3v) is 3.35. The predicted molar refractivity (Wildman–Crippen MR) is 69.4 cm³/mol. The molecule has 0 spiro atoms. The van der Waals surface area contributed by atoms with Gasteiger partial charge in [0.15, 0.2) is 0 Å². The van der Waals surface area contributed by atoms with E-state index in [1.54, 1.807) is 0 Å². The first-order valence-corrected chi connectivity index (χ1v) is 7.97. The van der Waals surface area contributed by atoms with Crippen molar-refractivity contribution in [3.8, 4) is 0 Å². The zero-order valence-corrected chi connectivity index (χ0v) is 11.7. The number of sulfone groups is 1. The van der Waals surface area contributed by atoms with Crippen LogP contribution in [-0.2, 0) is 14.6 Å². The molecule has 5 nitrogen and oxygen atoms in total. The van der Waals surface area contributed by atoms with Crippen LogP contribution in [0.2, 0.25) is 0 Å². The van der Waals surface area contributed by atoms with Crippen LogP contribution >= 0.6 is 0 Å². The second kappa shape index (κ2) is 7.66. The van der Waals surface area contributed by atoms with Gasteiger partial charge in [-0.15, -0.1) is 0 Å². The van der Waals surface area contributed by atoms with Crippen LogP contribution in [0.5, 0.6) is 0 Å². The average Bonchev–Trinajstić information content (AvgIpc) is 2.13. The van der Waals surface area contributed by atoms with Gasteiger partial charge in [0.25, 0.3) is 0 Å². The average molecular weight is 264 g/mol. The summed E-state index contributed by atoms with van der Waals surface area (Å²) in [6.45, 7) is 4.55. The second-order valence-corrected chi connectivity index (χ2v) is 7.12. The summed E-state index contributed by atoms with van der Waals surface area (Å²) in [6, 6.07) is -0.0132. The van der Waals surface area contributed by atoms with E-state index in [2.05, 4.69) is 19.2 Å². The number of carbonyl (C=O) groups is 1. The molecule has 1 amide bonds. The fourth-order valence-corrected chi connectivity index (χ4v) is 2.25. The number of nitrogens with two attached hydrogens (primary N) is 1. The molecule has 0 bridgehead atoms. The fraction of sp³-hybridized carbons (Fsp3) is 0.909. The highest BCUT2D eigenvalue weighted by Crippen LogP contribution is 2.04. The summed E-state index contributed by atoms with van der Waals surface area (Å²) in [5.41, 5.74) is 5.56. The van der Waals surface area contributed by atoms with Crippen LogP contribution in [0.4, 0.5) is 0 Å². The maximum absolute atomic E-state index is 11.5. The van der Waals surface area contributed by atoms with E-state index in [0.29, 0.717) is 18.9 Å². The normalized spacial score (nSPS) is 13.7. The Morgan fingerprint density at radius 3 is 2.35 bits per heavy atom. The summed E-state index contributed by atoms with van der Waals surface area (Å²) in [5.74, 6) is 0.405. The van der Waals surface area contributed by atoms with Gasteiger partial charge in [-0.05, 0) is 18.8 Å². The lowest BCUT2D eigenvalue weighted by atomic mass is 10.0. The minimum absolute atomic E-state index is 0.0132. The Labute approximate surface area is 104 Å². The van der Waals surface area contributed by atoms with Crippen molar-refractivity contribution in [2.75, 3.05) is 18.6 Å². The van der Waals surface area contributed by atoms with Gasteiger partial charge < -0.3 is 11.1 Å². The third-order valence-electron chi connectivity index (χ3n) is 2.32. The van der Waals surface area contributed by atoms with Crippen molar-refractivity contribution in [1.82, 2.24) is 5.32 Å². The van der Waals surface area contributed by atoms with Crippen LogP contribution in [0.15, 0.2) is 0 Å². The molecule has 0 aliphatic heterocycles. The molecule has 0 aliphatic rings. The number of rotatable bonds is 8. The monoisotopic (exact) mass is 264 g/mol. The summed E-state index contributed by atoms with van der Waals surface area (Å²) in [7, 11) is -2.98. The smallest absolute Gasteiger partial charge is 0.220 e. The quantitative estimate of drug-likeness (QED) is 0.660. The number of amides is 1. The molecular weight excluding hydrogens is 240 g/mol. The van der Waals surface area contributed by atoms with Gasteiger partial charge in [0, 0.05) is 25.3 Å². The standard InChI is InChI=1S/C11H24N2O3S/c1-9(2)7-10(8-12)13-11(14)5-4-6-17(3,15)16/h9-10H,4-8,12H2,1-3H3,(H,13,14). The maximum atomic E-state index is 11.5. The van der Waals surface area contributed by atoms with Crippen molar-refractivity contribution in [2.45, 2.75) is 39.2 Å². The van der Waals surface area contributed by atoms with Gasteiger partial charge in [-0.2, -0.15) is 0 Å². The molecular formula is C11H24N2O3S. The minimum Gasteiger partial charge on any atom is -0.352 e. The highest BCUT2D eigenvalue weighted by molar-refractivity contribution is 7.90. The molecule has 0 aromatic heterocycles. The molecule has 0 rings (SSSR count). The Hall–Kier alpha value is -0.620. The molecule has 0 aliphatic carbocycles. The van der Waals surface area contributed by atoms with Gasteiger partial charge in [-0.3, -0.25) is 4.79 Å². The SMILES string of the molecule is CC(C)CC(CN)NC(=O)CCCS(C)(=O)=O. The zero-order valence-electron chi connectivity index (χ0n) is 10.9. The number of carbonyl (C=O) groups excluding carboxylic acids is 1. The van der Waals surface area contributed by atoms with E-state index in [1.807, 2.05) is 0 Å². The fourth-order valence-electron chi connectivity index (χ4n) is 1.58. The molecule has 1 unspecified atom stereocenters. The minimum atomic E-state index is -2.98. The van der Waals surface area contributed by atoms with E-state index in [4.69, 9.17) is 5.73 Å². The molecule has 0 fully saturated rings. The Morgan fingerprint density at radius 2 is 1.94 bits per heavy atom. The summed E-state index contributed by atoms with van der Waals surface area (Å²) in [5, 5.41) is 2.83. The first-order chi connectivity index (χ1) is 7.74. The van der Waals surface area contributed by atoms with Crippen molar-refractivity contribution in [2.24, 2.45) is 11.7 Å². The third kappa shape index (κ3) is 10.3. The van der Waals surface area contributed by atoms with Crippen LogP contribution in [0.3, 0.4) is 0 Å². The van der Waals surface area contributed by atoms with Gasteiger partial charge >= 0.3 is 0 Å². The number of hydrogen-bond donors (Lipinski definition) is 2. The molecule has 0 aromatic carbocycles. The molecule has 17 heavy (non-hydrogen) atoms. The lowest BCUT2D eigenvalue weighted by molar-refractivity contribution is -0.121. The topological polar surface area (TPSA) is 89.3 Å². The van der Waals surface area contributed by atoms with Crippen LogP contribution in [-0.4, -0.2) is 38.9 Å². The zero-order chi connectivity index (χ0) is 13.5. The molecule has 0 heterocycles. The molecule has 0 saturated heterocycles. The van der Waals surface area contributed by atoms with Crippen LogP contribution in [0, 0.1) is 5.92 Å². The van der Waals surface area contributed by atoms with Gasteiger partial charge in [-0.25, -0.2) is 8.42 Å². The van der Waals surface area contributed by atoms with Gasteiger partial charge in [0.2, 0.25) is 5.91 Å². The van der Waals surface area contributed by atoms with Crippen LogP contribution in [0.1, 0.15) is 33.1 Å². The van der Waals surface area contributed by atoms with Gasteiger partial charge in [0.05, 0.1) is 5.75 Å². The van der Waals surface area contributed by atoms with Crippen molar-refractivity contribution in [3.05, 3.63) is 0 Å². The van der Waals surface area contributed by atoms with E-state index < -0.39 is 9.84 Å². The van der Waals surface area contributed by atoms with Gasteiger partial charge in [-0.1, -0.05) is 13.8 Å². The first kappa shape index (κ1) is 16.4. The Balaban J connectivity index is 3.91. The van der Waals surface area contributed by atoms with Crippen molar-refractivity contribution < 1.29 is 13.2 Å². The summed E-state index contributed by atoms with van der Waals surface area (Å²) in [6.07, 6.45) is 2.62. The molecule has 102 valence electrons. The van der Waals surface area contributed by atoms with Gasteiger partial charge in [0.1, 0.15) is 9.84 Å². The Bertz CT molecular complexity index is 326. The van der Waals surface area contributed by atoms with Crippen LogP contribution < -0.4 is 11.1 Å². The lowest BCUT2D eigenvalue weighted by Gasteiger charge is -2.18. The summed E-state index contributed by atoms with van der Waals surface area (Å²) >= 11 is 0. The van der Waals surface area contributed by atoms with E-state index in [-0.39, 0.29) is 24.1 Å². The largest absolute Gasteiger partial charge is 0.352 e. The molecule has 0 aromatic rings. The first-order valence-electron chi connectivity index (χ1n) is 5.91. The lowest BCUT2D eigenvalue weighted by Crippen LogP contribution is -2.41. The highest BCUT2D eigenvalue weighted by Gasteiger charge is 2.12. The molecule has 1 atom stereocenters. The van der Waals surface area contributed by atoms with Crippen molar-refractivity contribution in [3.63, 3.8) is 0 Å². The summed E-state index contributed by atoms with van der Waals surface area (Å²) in [4.78, 5) is 11.5. The van der Waals surface area contributed by atoms with Crippen LogP contribution in [0.25, 0.3) is 0 Å². The maximum Gasteiger partial charge on any atom is 0.220 e. The van der Waals surface area contributed by atoms with E-state index in [9.17, 15) is 13.2 Å². The highest BCUT2D eigenvalue weighted by atomic mass is 32.2. The molecule has 6 heteroatoms. The molecule has 0 saturated carbocycles. The van der Waals surface area contributed by atoms with E-state index >= 15 is 0 Å². The van der Waals surface area contributed by atoms with E-state index in [1.165, 1.54) is 6.26 Å². The Morgan fingerprint density at radius 1 is 1.35 bits per heavy atom. The van der Waals surface area contributed by atoms with Crippen molar-refractivity contribution in [1.29, 1.82) is 0 Å². The molecule has 0 radical (unpaired) electrons. The number of nitrogens with one attached hydrogen (secondary N) is 1. The number of hydrogen-bond acceptors (Lipinski definition) is 4. The van der Waals surface area contributed by atoms with E-state index in [0.717, 1.165) is 6.42 Å². The Kier molecular flexibility index (Phi) is 7.38.